The van der Waals surface area contributed by atoms with Crippen LogP contribution in [0.25, 0.3) is 0 Å². The molecular formula is C25H27FO5. The molecule has 5 nitrogen and oxygen atoms in total. The van der Waals surface area contributed by atoms with Gasteiger partial charge in [0.15, 0.2) is 5.78 Å². The molecule has 0 aromatic heterocycles. The number of esters is 2. The van der Waals surface area contributed by atoms with Gasteiger partial charge in [0.1, 0.15) is 18.0 Å². The number of carbonyl (C=O) groups excluding carboxylic acids is 3. The average Bonchev–Trinajstić information content (AvgIpc) is 2.99. The molecule has 0 saturated carbocycles. The predicted octanol–water partition coefficient (Wildman–Crippen LogP) is 4.87. The van der Waals surface area contributed by atoms with Crippen molar-refractivity contribution in [2.45, 2.75) is 58.7 Å². The Morgan fingerprint density at radius 3 is 2.77 bits per heavy atom. The fourth-order valence-electron chi connectivity index (χ4n) is 3.98. The Hall–Kier alpha value is -3.02. The van der Waals surface area contributed by atoms with Crippen LogP contribution in [0, 0.1) is 11.2 Å². The van der Waals surface area contributed by atoms with E-state index in [1.54, 1.807) is 0 Å². The minimum Gasteiger partial charge on any atom is -0.457 e. The molecular weight excluding hydrogens is 399 g/mol. The first kappa shape index (κ1) is 22.7. The smallest absolute Gasteiger partial charge is 0.338 e. The van der Waals surface area contributed by atoms with E-state index < -0.39 is 35.4 Å². The number of cyclic esters (lactones) is 1. The highest BCUT2D eigenvalue weighted by Gasteiger charge is 2.55. The molecule has 0 bridgehead atoms. The molecule has 1 aliphatic heterocycles. The van der Waals surface area contributed by atoms with Gasteiger partial charge in [-0.25, -0.2) is 9.18 Å². The first-order chi connectivity index (χ1) is 14.7. The minimum atomic E-state index is -1.10. The van der Waals surface area contributed by atoms with E-state index in [1.165, 1.54) is 35.9 Å². The molecule has 0 amide bonds. The highest BCUT2D eigenvalue weighted by molar-refractivity contribution is 6.00. The Labute approximate surface area is 181 Å². The van der Waals surface area contributed by atoms with Crippen molar-refractivity contribution in [1.82, 2.24) is 0 Å². The third-order valence-electron chi connectivity index (χ3n) is 5.63. The summed E-state index contributed by atoms with van der Waals surface area (Å²) in [6, 6.07) is 5.22. The van der Waals surface area contributed by atoms with Crippen LogP contribution in [0.5, 0.6) is 0 Å². The van der Waals surface area contributed by atoms with Crippen molar-refractivity contribution in [3.8, 4) is 0 Å². The first-order valence-electron chi connectivity index (χ1n) is 10.4. The van der Waals surface area contributed by atoms with Crippen LogP contribution >= 0.6 is 0 Å². The van der Waals surface area contributed by atoms with Crippen LogP contribution in [-0.2, 0) is 19.1 Å². The number of rotatable bonds is 6. The Bertz CT molecular complexity index is 970. The van der Waals surface area contributed by atoms with Gasteiger partial charge >= 0.3 is 11.9 Å². The number of hydrogen-bond donors (Lipinski definition) is 0. The summed E-state index contributed by atoms with van der Waals surface area (Å²) in [5.74, 6) is -1.88. The number of halogens is 1. The molecule has 0 radical (unpaired) electrons. The van der Waals surface area contributed by atoms with Crippen molar-refractivity contribution in [3.05, 3.63) is 71.1 Å². The van der Waals surface area contributed by atoms with Crippen LogP contribution in [0.4, 0.5) is 4.39 Å². The summed E-state index contributed by atoms with van der Waals surface area (Å²) in [4.78, 5) is 37.4. The summed E-state index contributed by atoms with van der Waals surface area (Å²) < 4.78 is 24.4. The molecule has 0 N–H and O–H groups in total. The van der Waals surface area contributed by atoms with Gasteiger partial charge in [-0.3, -0.25) is 9.59 Å². The molecule has 31 heavy (non-hydrogen) atoms. The van der Waals surface area contributed by atoms with Crippen molar-refractivity contribution < 1.29 is 28.2 Å². The second-order valence-corrected chi connectivity index (χ2v) is 8.46. The van der Waals surface area contributed by atoms with Crippen molar-refractivity contribution in [2.24, 2.45) is 5.41 Å². The number of carbonyl (C=O) groups is 3. The molecule has 164 valence electrons. The summed E-state index contributed by atoms with van der Waals surface area (Å²) in [7, 11) is 0. The second kappa shape index (κ2) is 9.41. The number of hydrogen-bond acceptors (Lipinski definition) is 5. The topological polar surface area (TPSA) is 69.7 Å². The Morgan fingerprint density at radius 1 is 1.29 bits per heavy atom. The van der Waals surface area contributed by atoms with Crippen molar-refractivity contribution in [1.29, 1.82) is 0 Å². The molecule has 1 saturated heterocycles. The zero-order valence-corrected chi connectivity index (χ0v) is 18.0. The zero-order valence-electron chi connectivity index (χ0n) is 18.0. The predicted molar refractivity (Wildman–Crippen MR) is 114 cm³/mol. The van der Waals surface area contributed by atoms with E-state index in [2.05, 4.69) is 6.08 Å². The molecule has 3 rings (SSSR count). The normalized spacial score (nSPS) is 25.5. The Kier molecular flexibility index (Phi) is 6.88. The maximum atomic E-state index is 13.4. The zero-order chi connectivity index (χ0) is 22.6. The van der Waals surface area contributed by atoms with Crippen LogP contribution in [-0.4, -0.2) is 29.9 Å². The molecule has 1 heterocycles. The standard InChI is InChI=1S/C25H27FO5/c1-16(2)6-4-7-17(3)12-22-25(15-23(28)31-22)14-20(10-11-21(25)27)30-24(29)18-8-5-9-19(26)13-18/h5-6,8-13,20,22H,4,7,14-15H2,1-3H3/b17-12+/t20-,22-,25+/m1/s1. The van der Waals surface area contributed by atoms with Gasteiger partial charge in [0.05, 0.1) is 17.4 Å². The maximum Gasteiger partial charge on any atom is 0.338 e. The molecule has 1 aromatic rings. The summed E-state index contributed by atoms with van der Waals surface area (Å²) in [5.41, 5.74) is 1.24. The fraction of sp³-hybridized carbons (Fsp3) is 0.400. The lowest BCUT2D eigenvalue weighted by atomic mass is 9.69. The fourth-order valence-corrected chi connectivity index (χ4v) is 3.98. The lowest BCUT2D eigenvalue weighted by Crippen LogP contribution is -2.43. The number of benzene rings is 1. The van der Waals surface area contributed by atoms with Gasteiger partial charge < -0.3 is 9.47 Å². The summed E-state index contributed by atoms with van der Waals surface area (Å²) in [6.07, 6.45) is 7.13. The van der Waals surface area contributed by atoms with Gasteiger partial charge in [0.25, 0.3) is 0 Å². The lowest BCUT2D eigenvalue weighted by Gasteiger charge is -2.34. The van der Waals surface area contributed by atoms with Crippen molar-refractivity contribution in [3.63, 3.8) is 0 Å². The molecule has 2 aliphatic rings. The molecule has 1 aliphatic carbocycles. The quantitative estimate of drug-likeness (QED) is 0.479. The number of allylic oxidation sites excluding steroid dienone is 4. The summed E-state index contributed by atoms with van der Waals surface area (Å²) in [5, 5.41) is 0. The molecule has 0 unspecified atom stereocenters. The first-order valence-corrected chi connectivity index (χ1v) is 10.4. The van der Waals surface area contributed by atoms with E-state index in [0.717, 1.165) is 24.5 Å². The average molecular weight is 426 g/mol. The van der Waals surface area contributed by atoms with Gasteiger partial charge in [-0.05, 0) is 70.0 Å². The number of ketones is 1. The van der Waals surface area contributed by atoms with E-state index in [9.17, 15) is 18.8 Å². The molecule has 1 spiro atoms. The van der Waals surface area contributed by atoms with E-state index in [1.807, 2.05) is 26.8 Å². The van der Waals surface area contributed by atoms with Gasteiger partial charge in [0, 0.05) is 6.42 Å². The number of ether oxygens (including phenoxy) is 2. The van der Waals surface area contributed by atoms with Gasteiger partial charge in [-0.15, -0.1) is 0 Å². The molecule has 1 aromatic carbocycles. The van der Waals surface area contributed by atoms with E-state index in [-0.39, 0.29) is 24.2 Å². The Morgan fingerprint density at radius 2 is 2.06 bits per heavy atom. The molecule has 1 fully saturated rings. The van der Waals surface area contributed by atoms with Crippen LogP contribution in [0.3, 0.4) is 0 Å². The van der Waals surface area contributed by atoms with Crippen LogP contribution < -0.4 is 0 Å². The van der Waals surface area contributed by atoms with E-state index >= 15 is 0 Å². The Balaban J connectivity index is 1.77. The third kappa shape index (κ3) is 5.37. The van der Waals surface area contributed by atoms with Crippen molar-refractivity contribution in [2.75, 3.05) is 0 Å². The monoisotopic (exact) mass is 426 g/mol. The van der Waals surface area contributed by atoms with Crippen LogP contribution in [0.15, 0.2) is 59.7 Å². The highest BCUT2D eigenvalue weighted by Crippen LogP contribution is 2.45. The lowest BCUT2D eigenvalue weighted by molar-refractivity contribution is -0.140. The molecule has 6 heteroatoms. The molecule has 3 atom stereocenters. The maximum absolute atomic E-state index is 13.4. The van der Waals surface area contributed by atoms with E-state index in [4.69, 9.17) is 9.47 Å². The van der Waals surface area contributed by atoms with Crippen LogP contribution in [0.1, 0.15) is 56.8 Å². The highest BCUT2D eigenvalue weighted by atomic mass is 19.1. The largest absolute Gasteiger partial charge is 0.457 e. The summed E-state index contributed by atoms with van der Waals surface area (Å²) >= 11 is 0. The second-order valence-electron chi connectivity index (χ2n) is 8.46. The van der Waals surface area contributed by atoms with Crippen LogP contribution in [0.2, 0.25) is 0 Å². The third-order valence-corrected chi connectivity index (χ3v) is 5.63. The SMILES string of the molecule is CC(C)=CCC/C(C)=C/[C@H]1OC(=O)C[C@]12C[C@H](OC(=O)c1cccc(F)c1)C=CC2=O. The minimum absolute atomic E-state index is 0.0629. The van der Waals surface area contributed by atoms with E-state index in [0.29, 0.717) is 0 Å². The summed E-state index contributed by atoms with van der Waals surface area (Å²) in [6.45, 7) is 6.01. The van der Waals surface area contributed by atoms with Gasteiger partial charge in [-0.1, -0.05) is 23.3 Å². The van der Waals surface area contributed by atoms with Crippen molar-refractivity contribution >= 4 is 17.7 Å². The van der Waals surface area contributed by atoms with Gasteiger partial charge in [-0.2, -0.15) is 0 Å². The van der Waals surface area contributed by atoms with Gasteiger partial charge in [0.2, 0.25) is 0 Å².